The number of ether oxygens (including phenoxy) is 1. The molecule has 0 unspecified atom stereocenters. The zero-order chi connectivity index (χ0) is 8.20. The first kappa shape index (κ1) is 9.78. The molecule has 0 aromatic heterocycles. The zero-order valence-corrected chi connectivity index (χ0v) is 7.15. The minimum atomic E-state index is -0.905. The largest absolute Gasteiger partial charge is 0.468 e. The van der Waals surface area contributed by atoms with Crippen LogP contribution in [-0.4, -0.2) is 24.4 Å². The van der Waals surface area contributed by atoms with E-state index in [0.717, 1.165) is 0 Å². The van der Waals surface area contributed by atoms with Crippen molar-refractivity contribution in [2.75, 3.05) is 12.9 Å². The van der Waals surface area contributed by atoms with Gasteiger partial charge in [0.15, 0.2) is 0 Å². The number of rotatable bonds is 3. The number of esters is 1. The summed E-state index contributed by atoms with van der Waals surface area (Å²) < 4.78 is 4.48. The average molecular weight is 163 g/mol. The van der Waals surface area contributed by atoms with Gasteiger partial charge < -0.3 is 10.5 Å². The van der Waals surface area contributed by atoms with Crippen molar-refractivity contribution in [2.45, 2.75) is 18.9 Å². The van der Waals surface area contributed by atoms with E-state index < -0.39 is 11.5 Å². The number of thiol groups is 1. The first-order valence-corrected chi connectivity index (χ1v) is 3.72. The predicted octanol–water partition coefficient (Wildman–Crippen LogP) is 0.197. The molecule has 0 spiro atoms. The molecule has 0 aliphatic heterocycles. The van der Waals surface area contributed by atoms with E-state index in [1.54, 1.807) is 0 Å². The summed E-state index contributed by atoms with van der Waals surface area (Å²) in [6.07, 6.45) is 0.545. The highest BCUT2D eigenvalue weighted by atomic mass is 32.1. The maximum absolute atomic E-state index is 10.9. The molecule has 0 heterocycles. The van der Waals surface area contributed by atoms with Gasteiger partial charge in [-0.15, -0.1) is 0 Å². The molecule has 1 atom stereocenters. The minimum Gasteiger partial charge on any atom is -0.468 e. The van der Waals surface area contributed by atoms with Gasteiger partial charge in [-0.3, -0.25) is 4.79 Å². The number of carbonyl (C=O) groups is 1. The van der Waals surface area contributed by atoms with Crippen molar-refractivity contribution in [3.8, 4) is 0 Å². The summed E-state index contributed by atoms with van der Waals surface area (Å²) in [7, 11) is 1.32. The van der Waals surface area contributed by atoms with Gasteiger partial charge in [0.25, 0.3) is 0 Å². The van der Waals surface area contributed by atoms with E-state index in [4.69, 9.17) is 5.73 Å². The van der Waals surface area contributed by atoms with Crippen molar-refractivity contribution in [1.29, 1.82) is 0 Å². The van der Waals surface area contributed by atoms with Crippen LogP contribution in [0.3, 0.4) is 0 Å². The van der Waals surface area contributed by atoms with Crippen LogP contribution >= 0.6 is 12.6 Å². The molecule has 0 saturated heterocycles. The van der Waals surface area contributed by atoms with Crippen molar-refractivity contribution in [3.63, 3.8) is 0 Å². The molecule has 0 fully saturated rings. The van der Waals surface area contributed by atoms with E-state index in [9.17, 15) is 4.79 Å². The molecule has 0 amide bonds. The van der Waals surface area contributed by atoms with Gasteiger partial charge in [0.1, 0.15) is 5.54 Å². The Morgan fingerprint density at radius 3 is 2.40 bits per heavy atom. The second kappa shape index (κ2) is 3.83. The Morgan fingerprint density at radius 2 is 2.30 bits per heavy atom. The molecule has 0 aliphatic carbocycles. The topological polar surface area (TPSA) is 52.3 Å². The Balaban J connectivity index is 4.17. The van der Waals surface area contributed by atoms with Crippen LogP contribution in [0.1, 0.15) is 13.3 Å². The molecule has 0 aromatic carbocycles. The average Bonchev–Trinajstić information content (AvgIpc) is 2.01. The lowest BCUT2D eigenvalue weighted by Gasteiger charge is -2.21. The second-order valence-electron chi connectivity index (χ2n) is 2.16. The Hall–Kier alpha value is -0.220. The smallest absolute Gasteiger partial charge is 0.326 e. The summed E-state index contributed by atoms with van der Waals surface area (Å²) in [5.74, 6) is -0.0825. The van der Waals surface area contributed by atoms with E-state index in [-0.39, 0.29) is 0 Å². The maximum Gasteiger partial charge on any atom is 0.326 e. The lowest BCUT2D eigenvalue weighted by atomic mass is 10.0. The molecule has 60 valence electrons. The quantitative estimate of drug-likeness (QED) is 0.461. The predicted molar refractivity (Wildman–Crippen MR) is 43.1 cm³/mol. The van der Waals surface area contributed by atoms with Crippen LogP contribution in [0.4, 0.5) is 0 Å². The monoisotopic (exact) mass is 163 g/mol. The third-order valence-corrected chi connectivity index (χ3v) is 2.07. The SMILES string of the molecule is CC[C@](N)(CS)C(=O)OC. The maximum atomic E-state index is 10.9. The van der Waals surface area contributed by atoms with Gasteiger partial charge in [-0.05, 0) is 6.42 Å². The number of hydrogen-bond acceptors (Lipinski definition) is 4. The summed E-state index contributed by atoms with van der Waals surface area (Å²) in [5, 5.41) is 0. The lowest BCUT2D eigenvalue weighted by molar-refractivity contribution is -0.146. The molecule has 4 heteroatoms. The van der Waals surface area contributed by atoms with Crippen molar-refractivity contribution < 1.29 is 9.53 Å². The summed E-state index contributed by atoms with van der Waals surface area (Å²) in [5.41, 5.74) is 4.69. The van der Waals surface area contributed by atoms with Gasteiger partial charge >= 0.3 is 5.97 Å². The molecule has 0 radical (unpaired) electrons. The van der Waals surface area contributed by atoms with Gasteiger partial charge in [0.2, 0.25) is 0 Å². The zero-order valence-electron chi connectivity index (χ0n) is 6.26. The number of nitrogens with two attached hydrogens (primary N) is 1. The first-order chi connectivity index (χ1) is 4.60. The van der Waals surface area contributed by atoms with E-state index in [1.807, 2.05) is 6.92 Å². The van der Waals surface area contributed by atoms with Crippen LogP contribution in [-0.2, 0) is 9.53 Å². The van der Waals surface area contributed by atoms with Gasteiger partial charge in [0.05, 0.1) is 7.11 Å². The van der Waals surface area contributed by atoms with E-state index in [1.165, 1.54) is 7.11 Å². The molecule has 0 aliphatic rings. The molecular weight excluding hydrogens is 150 g/mol. The fraction of sp³-hybridized carbons (Fsp3) is 0.833. The molecule has 0 bridgehead atoms. The van der Waals surface area contributed by atoms with Gasteiger partial charge in [-0.1, -0.05) is 6.92 Å². The highest BCUT2D eigenvalue weighted by Crippen LogP contribution is 2.09. The Labute approximate surface area is 66.3 Å². The number of hydrogen-bond donors (Lipinski definition) is 2. The van der Waals surface area contributed by atoms with Crippen molar-refractivity contribution in [2.24, 2.45) is 5.73 Å². The fourth-order valence-electron chi connectivity index (χ4n) is 0.524. The van der Waals surface area contributed by atoms with Gasteiger partial charge in [-0.25, -0.2) is 0 Å². The molecule has 10 heavy (non-hydrogen) atoms. The summed E-state index contributed by atoms with van der Waals surface area (Å²) >= 11 is 3.95. The lowest BCUT2D eigenvalue weighted by Crippen LogP contribution is -2.49. The van der Waals surface area contributed by atoms with Crippen molar-refractivity contribution >= 4 is 18.6 Å². The summed E-state index contributed by atoms with van der Waals surface area (Å²) in [6, 6.07) is 0. The third-order valence-electron chi connectivity index (χ3n) is 1.50. The summed E-state index contributed by atoms with van der Waals surface area (Å²) in [4.78, 5) is 10.9. The molecule has 3 nitrogen and oxygen atoms in total. The second-order valence-corrected chi connectivity index (χ2v) is 2.48. The highest BCUT2D eigenvalue weighted by Gasteiger charge is 2.31. The van der Waals surface area contributed by atoms with Crippen LogP contribution in [0.5, 0.6) is 0 Å². The van der Waals surface area contributed by atoms with E-state index in [0.29, 0.717) is 12.2 Å². The van der Waals surface area contributed by atoms with Crippen LogP contribution < -0.4 is 5.73 Å². The first-order valence-electron chi connectivity index (χ1n) is 3.09. The van der Waals surface area contributed by atoms with Crippen molar-refractivity contribution in [3.05, 3.63) is 0 Å². The van der Waals surface area contributed by atoms with Crippen LogP contribution in [0, 0.1) is 0 Å². The highest BCUT2D eigenvalue weighted by molar-refractivity contribution is 7.80. The normalized spacial score (nSPS) is 16.0. The van der Waals surface area contributed by atoms with Crippen LogP contribution in [0.2, 0.25) is 0 Å². The van der Waals surface area contributed by atoms with Gasteiger partial charge in [-0.2, -0.15) is 12.6 Å². The van der Waals surface area contributed by atoms with Crippen molar-refractivity contribution in [1.82, 2.24) is 0 Å². The molecule has 0 rings (SSSR count). The van der Waals surface area contributed by atoms with Crippen LogP contribution in [0.15, 0.2) is 0 Å². The summed E-state index contributed by atoms with van der Waals surface area (Å²) in [6.45, 7) is 1.83. The Bertz CT molecular complexity index is 123. The Morgan fingerprint density at radius 1 is 1.80 bits per heavy atom. The Kier molecular flexibility index (Phi) is 3.75. The van der Waals surface area contributed by atoms with Crippen LogP contribution in [0.25, 0.3) is 0 Å². The van der Waals surface area contributed by atoms with Gasteiger partial charge in [0, 0.05) is 5.75 Å². The van der Waals surface area contributed by atoms with E-state index >= 15 is 0 Å². The minimum absolute atomic E-state index is 0.316. The molecule has 2 N–H and O–H groups in total. The fourth-order valence-corrected chi connectivity index (χ4v) is 0.877. The van der Waals surface area contributed by atoms with E-state index in [2.05, 4.69) is 17.4 Å². The molecule has 0 aromatic rings. The third kappa shape index (κ3) is 1.88. The number of methoxy groups -OCH3 is 1. The molecule has 0 saturated carbocycles. The number of carbonyl (C=O) groups excluding carboxylic acids is 1. The molecular formula is C6H13NO2S. The standard InChI is InChI=1S/C6H13NO2S/c1-3-6(7,4-10)5(8)9-2/h10H,3-4,7H2,1-2H3/t6-/m0/s1.